The summed E-state index contributed by atoms with van der Waals surface area (Å²) < 4.78 is 5.62. The number of hydrogen-bond donors (Lipinski definition) is 2. The fourth-order valence-electron chi connectivity index (χ4n) is 1.64. The molecular formula is C12H20N4O. The molecule has 1 fully saturated rings. The van der Waals surface area contributed by atoms with Crippen molar-refractivity contribution in [1.82, 2.24) is 9.97 Å². The number of aromatic nitrogens is 2. The van der Waals surface area contributed by atoms with Crippen LogP contribution in [0.25, 0.3) is 0 Å². The van der Waals surface area contributed by atoms with Crippen molar-refractivity contribution in [2.75, 3.05) is 12.0 Å². The molecule has 1 aromatic heterocycles. The van der Waals surface area contributed by atoms with E-state index in [0.717, 1.165) is 12.2 Å². The van der Waals surface area contributed by atoms with Gasteiger partial charge in [-0.1, -0.05) is 19.8 Å². The molecule has 5 nitrogen and oxygen atoms in total. The number of nitrogen functional groups attached to an aromatic ring is 1. The Morgan fingerprint density at radius 2 is 2.24 bits per heavy atom. The number of nitrogens with zero attached hydrogens (tertiary/aromatic N) is 2. The fourth-order valence-corrected chi connectivity index (χ4v) is 1.64. The van der Waals surface area contributed by atoms with Gasteiger partial charge in [-0.15, -0.1) is 0 Å². The maximum atomic E-state index is 5.62. The number of hydrogen-bond acceptors (Lipinski definition) is 5. The Kier molecular flexibility index (Phi) is 4.14. The Morgan fingerprint density at radius 1 is 1.41 bits per heavy atom. The van der Waals surface area contributed by atoms with E-state index in [1.54, 1.807) is 6.07 Å². The normalized spacial score (nSPS) is 14.7. The van der Waals surface area contributed by atoms with Gasteiger partial charge < -0.3 is 10.2 Å². The van der Waals surface area contributed by atoms with Gasteiger partial charge in [-0.25, -0.2) is 10.8 Å². The number of unbranched alkanes of at least 4 members (excludes halogenated alkanes) is 2. The zero-order valence-electron chi connectivity index (χ0n) is 10.3. The summed E-state index contributed by atoms with van der Waals surface area (Å²) in [4.78, 5) is 8.74. The van der Waals surface area contributed by atoms with Gasteiger partial charge in [0.2, 0.25) is 5.88 Å². The molecule has 1 saturated carbocycles. The van der Waals surface area contributed by atoms with Crippen LogP contribution >= 0.6 is 0 Å². The number of ether oxygens (including phenoxy) is 1. The molecular weight excluding hydrogens is 216 g/mol. The molecule has 0 aromatic carbocycles. The van der Waals surface area contributed by atoms with Gasteiger partial charge in [0.15, 0.2) is 0 Å². The average Bonchev–Trinajstić information content (AvgIpc) is 3.18. The van der Waals surface area contributed by atoms with Crippen molar-refractivity contribution in [3.8, 4) is 5.88 Å². The molecule has 1 aliphatic rings. The Bertz CT molecular complexity index is 366. The quantitative estimate of drug-likeness (QED) is 0.431. The Morgan fingerprint density at radius 3 is 2.88 bits per heavy atom. The van der Waals surface area contributed by atoms with Gasteiger partial charge >= 0.3 is 0 Å². The number of nitrogens with one attached hydrogen (secondary N) is 1. The van der Waals surface area contributed by atoms with Crippen molar-refractivity contribution < 1.29 is 4.74 Å². The number of hydrazine groups is 1. The first-order valence-electron chi connectivity index (χ1n) is 6.32. The van der Waals surface area contributed by atoms with E-state index >= 15 is 0 Å². The highest BCUT2D eigenvalue weighted by molar-refractivity contribution is 5.38. The van der Waals surface area contributed by atoms with Crippen LogP contribution in [0.5, 0.6) is 5.88 Å². The largest absolute Gasteiger partial charge is 0.478 e. The van der Waals surface area contributed by atoms with Gasteiger partial charge in [-0.3, -0.25) is 0 Å². The highest BCUT2D eigenvalue weighted by atomic mass is 16.5. The third-order valence-electron chi connectivity index (χ3n) is 2.81. The minimum atomic E-state index is 0.501. The summed E-state index contributed by atoms with van der Waals surface area (Å²) in [6.07, 6.45) is 5.77. The van der Waals surface area contributed by atoms with E-state index in [-0.39, 0.29) is 0 Å². The van der Waals surface area contributed by atoms with Crippen molar-refractivity contribution in [2.24, 2.45) is 5.84 Å². The molecule has 0 spiro atoms. The molecule has 1 heterocycles. The molecule has 0 bridgehead atoms. The second-order valence-electron chi connectivity index (χ2n) is 4.42. The summed E-state index contributed by atoms with van der Waals surface area (Å²) >= 11 is 0. The monoisotopic (exact) mass is 236 g/mol. The van der Waals surface area contributed by atoms with Crippen LogP contribution in [0.1, 0.15) is 50.8 Å². The molecule has 0 saturated heterocycles. The highest BCUT2D eigenvalue weighted by Crippen LogP contribution is 2.38. The van der Waals surface area contributed by atoms with Crippen LogP contribution < -0.4 is 16.0 Å². The lowest BCUT2D eigenvalue weighted by Crippen LogP contribution is -2.11. The van der Waals surface area contributed by atoms with Gasteiger partial charge in [-0.05, 0) is 19.3 Å². The molecule has 2 rings (SSSR count). The van der Waals surface area contributed by atoms with E-state index in [2.05, 4.69) is 22.3 Å². The van der Waals surface area contributed by atoms with Crippen LogP contribution in [-0.2, 0) is 0 Å². The van der Waals surface area contributed by atoms with Crippen LogP contribution in [0.2, 0.25) is 0 Å². The van der Waals surface area contributed by atoms with Crippen LogP contribution in [0.15, 0.2) is 6.07 Å². The topological polar surface area (TPSA) is 73.1 Å². The summed E-state index contributed by atoms with van der Waals surface area (Å²) in [6.45, 7) is 2.88. The molecule has 94 valence electrons. The molecule has 1 aromatic rings. The molecule has 1 aliphatic carbocycles. The fraction of sp³-hybridized carbons (Fsp3) is 0.667. The lowest BCUT2D eigenvalue weighted by molar-refractivity contribution is 0.293. The van der Waals surface area contributed by atoms with Crippen molar-refractivity contribution >= 4 is 5.82 Å². The van der Waals surface area contributed by atoms with Crippen molar-refractivity contribution in [2.45, 2.75) is 44.9 Å². The molecule has 5 heteroatoms. The van der Waals surface area contributed by atoms with Gasteiger partial charge in [0.25, 0.3) is 0 Å². The molecule has 0 radical (unpaired) electrons. The average molecular weight is 236 g/mol. The zero-order valence-corrected chi connectivity index (χ0v) is 10.3. The van der Waals surface area contributed by atoms with E-state index in [9.17, 15) is 0 Å². The molecule has 0 atom stereocenters. The summed E-state index contributed by atoms with van der Waals surface area (Å²) in [6, 6.07) is 1.75. The predicted octanol–water partition coefficient (Wildman–Crippen LogP) is 2.21. The zero-order chi connectivity index (χ0) is 12.1. The predicted molar refractivity (Wildman–Crippen MR) is 66.8 cm³/mol. The van der Waals surface area contributed by atoms with Gasteiger partial charge in [-0.2, -0.15) is 4.98 Å². The lowest BCUT2D eigenvalue weighted by Gasteiger charge is -2.08. The smallest absolute Gasteiger partial charge is 0.218 e. The van der Waals surface area contributed by atoms with Gasteiger partial charge in [0.1, 0.15) is 11.6 Å². The third kappa shape index (κ3) is 3.56. The first-order chi connectivity index (χ1) is 8.33. The van der Waals surface area contributed by atoms with Crippen LogP contribution in [0, 0.1) is 0 Å². The minimum absolute atomic E-state index is 0.501. The highest BCUT2D eigenvalue weighted by Gasteiger charge is 2.27. The molecule has 0 unspecified atom stereocenters. The number of nitrogens with two attached hydrogens (primary N) is 1. The lowest BCUT2D eigenvalue weighted by atomic mass is 10.3. The second kappa shape index (κ2) is 5.82. The van der Waals surface area contributed by atoms with E-state index in [1.807, 2.05) is 0 Å². The van der Waals surface area contributed by atoms with E-state index in [0.29, 0.717) is 24.2 Å². The van der Waals surface area contributed by atoms with Gasteiger partial charge in [0.05, 0.1) is 6.61 Å². The SMILES string of the molecule is CCCCCOc1cc(NN)nc(C2CC2)n1. The Labute approximate surface area is 102 Å². The molecule has 0 aliphatic heterocycles. The Balaban J connectivity index is 1.97. The van der Waals surface area contributed by atoms with Crippen LogP contribution in [-0.4, -0.2) is 16.6 Å². The van der Waals surface area contributed by atoms with Crippen molar-refractivity contribution in [3.05, 3.63) is 11.9 Å². The second-order valence-corrected chi connectivity index (χ2v) is 4.42. The molecule has 3 N–H and O–H groups in total. The van der Waals surface area contributed by atoms with Gasteiger partial charge in [0, 0.05) is 12.0 Å². The standard InChI is InChI=1S/C12H20N4O/c1-2-3-4-7-17-11-8-10(16-13)14-12(15-11)9-5-6-9/h8-9H,2-7,13H2,1H3,(H,14,15,16). The maximum Gasteiger partial charge on any atom is 0.218 e. The summed E-state index contributed by atoms with van der Waals surface area (Å²) in [7, 11) is 0. The first-order valence-corrected chi connectivity index (χ1v) is 6.32. The van der Waals surface area contributed by atoms with E-state index < -0.39 is 0 Å². The van der Waals surface area contributed by atoms with Crippen molar-refractivity contribution in [1.29, 1.82) is 0 Å². The Hall–Kier alpha value is -1.36. The van der Waals surface area contributed by atoms with E-state index in [1.165, 1.54) is 25.7 Å². The first kappa shape index (κ1) is 12.1. The summed E-state index contributed by atoms with van der Waals surface area (Å²) in [5, 5.41) is 0. The van der Waals surface area contributed by atoms with Crippen LogP contribution in [0.4, 0.5) is 5.82 Å². The van der Waals surface area contributed by atoms with E-state index in [4.69, 9.17) is 10.6 Å². The number of rotatable bonds is 7. The third-order valence-corrected chi connectivity index (χ3v) is 2.81. The minimum Gasteiger partial charge on any atom is -0.478 e. The molecule has 17 heavy (non-hydrogen) atoms. The maximum absolute atomic E-state index is 5.62. The molecule has 0 amide bonds. The van der Waals surface area contributed by atoms with Crippen molar-refractivity contribution in [3.63, 3.8) is 0 Å². The van der Waals surface area contributed by atoms with Crippen LogP contribution in [0.3, 0.4) is 0 Å². The summed E-state index contributed by atoms with van der Waals surface area (Å²) in [5.41, 5.74) is 2.56. The number of anilines is 1. The summed E-state index contributed by atoms with van der Waals surface area (Å²) in [5.74, 6) is 8.00.